The highest BCUT2D eigenvalue weighted by Gasteiger charge is 2.12. The van der Waals surface area contributed by atoms with Crippen molar-refractivity contribution in [3.8, 4) is 0 Å². The molecule has 0 fully saturated rings. The minimum atomic E-state index is -0.271. The largest absolute Gasteiger partial charge is 0.458 e. The molecule has 0 saturated carbocycles. The van der Waals surface area contributed by atoms with E-state index in [1.165, 1.54) is 6.92 Å². The van der Waals surface area contributed by atoms with Gasteiger partial charge in [0.05, 0.1) is 0 Å². The fourth-order valence-electron chi connectivity index (χ4n) is 1.31. The topological polar surface area (TPSA) is 52.3 Å². The van der Waals surface area contributed by atoms with Crippen LogP contribution in [0.4, 0.5) is 0 Å². The molecule has 0 aromatic heterocycles. The minimum Gasteiger partial charge on any atom is -0.458 e. The molecule has 0 amide bonds. The number of ether oxygens (including phenoxy) is 1. The second-order valence-electron chi connectivity index (χ2n) is 3.09. The van der Waals surface area contributed by atoms with E-state index in [4.69, 9.17) is 10.5 Å². The predicted molar refractivity (Wildman–Crippen MR) is 54.6 cm³/mol. The molecule has 1 aromatic carbocycles. The molecule has 0 aliphatic heterocycles. The zero-order chi connectivity index (χ0) is 10.4. The maximum absolute atomic E-state index is 10.8. The summed E-state index contributed by atoms with van der Waals surface area (Å²) >= 11 is 0. The van der Waals surface area contributed by atoms with E-state index in [0.29, 0.717) is 13.0 Å². The van der Waals surface area contributed by atoms with Crippen molar-refractivity contribution in [2.45, 2.75) is 19.4 Å². The van der Waals surface area contributed by atoms with E-state index in [1.807, 2.05) is 30.3 Å². The maximum atomic E-state index is 10.8. The Morgan fingerprint density at radius 3 is 2.57 bits per heavy atom. The zero-order valence-electron chi connectivity index (χ0n) is 8.27. The molecular weight excluding hydrogens is 178 g/mol. The van der Waals surface area contributed by atoms with Gasteiger partial charge >= 0.3 is 5.97 Å². The van der Waals surface area contributed by atoms with Crippen LogP contribution in [-0.2, 0) is 9.53 Å². The summed E-state index contributed by atoms with van der Waals surface area (Å²) < 4.78 is 5.16. The van der Waals surface area contributed by atoms with Gasteiger partial charge in [0, 0.05) is 13.3 Å². The number of carbonyl (C=O) groups is 1. The van der Waals surface area contributed by atoms with Crippen molar-refractivity contribution in [1.29, 1.82) is 0 Å². The number of hydrogen-bond acceptors (Lipinski definition) is 3. The smallest absolute Gasteiger partial charge is 0.303 e. The van der Waals surface area contributed by atoms with E-state index >= 15 is 0 Å². The van der Waals surface area contributed by atoms with E-state index < -0.39 is 0 Å². The van der Waals surface area contributed by atoms with E-state index in [0.717, 1.165) is 5.56 Å². The standard InChI is InChI=1S/C11H15NO2/c1-9(13)14-11(7-8-12)10-5-3-2-4-6-10/h2-6,11H,7-8,12H2,1H3. The van der Waals surface area contributed by atoms with E-state index in [2.05, 4.69) is 0 Å². The Morgan fingerprint density at radius 1 is 1.43 bits per heavy atom. The van der Waals surface area contributed by atoms with Crippen molar-refractivity contribution in [1.82, 2.24) is 0 Å². The third kappa shape index (κ3) is 3.18. The van der Waals surface area contributed by atoms with Gasteiger partial charge in [-0.3, -0.25) is 4.79 Å². The van der Waals surface area contributed by atoms with Crippen LogP contribution in [0.1, 0.15) is 25.0 Å². The molecule has 1 rings (SSSR count). The number of hydrogen-bond donors (Lipinski definition) is 1. The molecule has 0 aliphatic carbocycles. The molecule has 1 aromatic rings. The summed E-state index contributed by atoms with van der Waals surface area (Å²) in [6.07, 6.45) is 0.447. The zero-order valence-corrected chi connectivity index (χ0v) is 8.27. The van der Waals surface area contributed by atoms with Crippen LogP contribution in [0.25, 0.3) is 0 Å². The highest BCUT2D eigenvalue weighted by molar-refractivity contribution is 5.66. The molecule has 0 spiro atoms. The number of benzene rings is 1. The minimum absolute atomic E-state index is 0.210. The Balaban J connectivity index is 2.72. The Bertz CT molecular complexity index is 285. The Labute approximate surface area is 83.9 Å². The van der Waals surface area contributed by atoms with Crippen LogP contribution in [0.5, 0.6) is 0 Å². The van der Waals surface area contributed by atoms with Gasteiger partial charge in [-0.05, 0) is 12.1 Å². The average molecular weight is 193 g/mol. The number of rotatable bonds is 4. The second-order valence-corrected chi connectivity index (χ2v) is 3.09. The molecule has 2 N–H and O–H groups in total. The van der Waals surface area contributed by atoms with Crippen LogP contribution >= 0.6 is 0 Å². The van der Waals surface area contributed by atoms with E-state index in [9.17, 15) is 4.79 Å². The van der Waals surface area contributed by atoms with Crippen molar-refractivity contribution < 1.29 is 9.53 Å². The van der Waals surface area contributed by atoms with Crippen LogP contribution in [0.3, 0.4) is 0 Å². The van der Waals surface area contributed by atoms with Gasteiger partial charge in [-0.1, -0.05) is 30.3 Å². The SMILES string of the molecule is CC(=O)OC(CCN)c1ccccc1. The Hall–Kier alpha value is -1.35. The fourth-order valence-corrected chi connectivity index (χ4v) is 1.31. The second kappa shape index (κ2) is 5.40. The Morgan fingerprint density at radius 2 is 2.07 bits per heavy atom. The summed E-state index contributed by atoms with van der Waals surface area (Å²) in [5.74, 6) is -0.271. The monoisotopic (exact) mass is 193 g/mol. The van der Waals surface area contributed by atoms with E-state index in [1.54, 1.807) is 0 Å². The average Bonchev–Trinajstić information content (AvgIpc) is 2.18. The van der Waals surface area contributed by atoms with Crippen LogP contribution in [0.2, 0.25) is 0 Å². The third-order valence-corrected chi connectivity index (χ3v) is 1.91. The molecule has 0 radical (unpaired) electrons. The van der Waals surface area contributed by atoms with Crippen LogP contribution in [-0.4, -0.2) is 12.5 Å². The number of nitrogens with two attached hydrogens (primary N) is 1. The molecule has 3 heteroatoms. The first-order chi connectivity index (χ1) is 6.74. The lowest BCUT2D eigenvalue weighted by molar-refractivity contribution is -0.146. The fraction of sp³-hybridized carbons (Fsp3) is 0.364. The van der Waals surface area contributed by atoms with Gasteiger partial charge in [-0.2, -0.15) is 0 Å². The quantitative estimate of drug-likeness (QED) is 0.739. The lowest BCUT2D eigenvalue weighted by atomic mass is 10.1. The molecule has 1 unspecified atom stereocenters. The summed E-state index contributed by atoms with van der Waals surface area (Å²) in [7, 11) is 0. The first-order valence-corrected chi connectivity index (χ1v) is 4.66. The van der Waals surface area contributed by atoms with Crippen molar-refractivity contribution in [2.24, 2.45) is 5.73 Å². The van der Waals surface area contributed by atoms with Gasteiger partial charge in [0.1, 0.15) is 6.10 Å². The lowest BCUT2D eigenvalue weighted by Crippen LogP contribution is -2.13. The predicted octanol–water partition coefficient (Wildman–Crippen LogP) is 1.64. The molecular formula is C11H15NO2. The molecule has 0 heterocycles. The van der Waals surface area contributed by atoms with Crippen LogP contribution in [0.15, 0.2) is 30.3 Å². The number of esters is 1. The first kappa shape index (κ1) is 10.7. The van der Waals surface area contributed by atoms with Gasteiger partial charge in [0.25, 0.3) is 0 Å². The van der Waals surface area contributed by atoms with Gasteiger partial charge in [0.2, 0.25) is 0 Å². The van der Waals surface area contributed by atoms with Crippen molar-refractivity contribution in [2.75, 3.05) is 6.54 Å². The summed E-state index contributed by atoms with van der Waals surface area (Å²) in [4.78, 5) is 10.8. The van der Waals surface area contributed by atoms with Crippen molar-refractivity contribution in [3.63, 3.8) is 0 Å². The Kier molecular flexibility index (Phi) is 4.13. The van der Waals surface area contributed by atoms with Crippen molar-refractivity contribution in [3.05, 3.63) is 35.9 Å². The summed E-state index contributed by atoms with van der Waals surface area (Å²) in [6, 6.07) is 9.63. The van der Waals surface area contributed by atoms with E-state index in [-0.39, 0.29) is 12.1 Å². The van der Waals surface area contributed by atoms with Crippen molar-refractivity contribution >= 4 is 5.97 Å². The molecule has 0 saturated heterocycles. The maximum Gasteiger partial charge on any atom is 0.303 e. The highest BCUT2D eigenvalue weighted by Crippen LogP contribution is 2.20. The summed E-state index contributed by atoms with van der Waals surface area (Å²) in [5, 5.41) is 0. The van der Waals surface area contributed by atoms with Gasteiger partial charge in [-0.25, -0.2) is 0 Å². The molecule has 1 atom stereocenters. The molecule has 3 nitrogen and oxygen atoms in total. The highest BCUT2D eigenvalue weighted by atomic mass is 16.5. The molecule has 0 aliphatic rings. The lowest BCUT2D eigenvalue weighted by Gasteiger charge is -2.16. The normalized spacial score (nSPS) is 12.1. The van der Waals surface area contributed by atoms with Crippen LogP contribution in [0, 0.1) is 0 Å². The molecule has 0 bridgehead atoms. The molecule has 14 heavy (non-hydrogen) atoms. The van der Waals surface area contributed by atoms with Gasteiger partial charge in [0.15, 0.2) is 0 Å². The van der Waals surface area contributed by atoms with Crippen LogP contribution < -0.4 is 5.73 Å². The summed E-state index contributed by atoms with van der Waals surface area (Å²) in [5.41, 5.74) is 6.44. The third-order valence-electron chi connectivity index (χ3n) is 1.91. The first-order valence-electron chi connectivity index (χ1n) is 4.66. The number of carbonyl (C=O) groups excluding carboxylic acids is 1. The summed E-state index contributed by atoms with van der Waals surface area (Å²) in [6.45, 7) is 1.92. The molecule has 76 valence electrons. The van der Waals surface area contributed by atoms with Gasteiger partial charge < -0.3 is 10.5 Å². The van der Waals surface area contributed by atoms with Gasteiger partial charge in [-0.15, -0.1) is 0 Å².